The first kappa shape index (κ1) is 18.7. The van der Waals surface area contributed by atoms with Gasteiger partial charge in [0.1, 0.15) is 17.3 Å². The first-order valence-corrected chi connectivity index (χ1v) is 8.38. The van der Waals surface area contributed by atoms with Crippen LogP contribution in [0.4, 0.5) is 0 Å². The summed E-state index contributed by atoms with van der Waals surface area (Å²) >= 11 is 6.19. The molecule has 0 aliphatic rings. The predicted octanol–water partition coefficient (Wildman–Crippen LogP) is 4.07. The van der Waals surface area contributed by atoms with Gasteiger partial charge >= 0.3 is 5.97 Å². The lowest BCUT2D eigenvalue weighted by Crippen LogP contribution is -2.11. The zero-order valence-corrected chi connectivity index (χ0v) is 15.4. The smallest absolute Gasteiger partial charge is 0.343 e. The fraction of sp³-hybridized carbons (Fsp3) is 0.150. The maximum absolute atomic E-state index is 12.6. The highest BCUT2D eigenvalue weighted by atomic mass is 35.5. The Bertz CT molecular complexity index is 1020. The third-order valence-corrected chi connectivity index (χ3v) is 4.35. The number of rotatable bonds is 6. The van der Waals surface area contributed by atoms with E-state index in [1.807, 2.05) is 24.3 Å². The predicted molar refractivity (Wildman–Crippen MR) is 101 cm³/mol. The van der Waals surface area contributed by atoms with Gasteiger partial charge in [0.15, 0.2) is 17.8 Å². The molecule has 0 saturated carbocycles. The molecule has 0 N–H and O–H groups in total. The molecule has 3 rings (SSSR count). The number of para-hydroxylation sites is 1. The summed E-state index contributed by atoms with van der Waals surface area (Å²) in [7, 11) is 2.82. The van der Waals surface area contributed by atoms with E-state index in [9.17, 15) is 9.59 Å². The molecule has 0 bridgehead atoms. The van der Waals surface area contributed by atoms with Crippen molar-refractivity contribution in [2.75, 3.05) is 14.2 Å². The van der Waals surface area contributed by atoms with E-state index >= 15 is 0 Å². The second-order valence-corrected chi connectivity index (χ2v) is 5.95. The molecule has 0 atom stereocenters. The van der Waals surface area contributed by atoms with Gasteiger partial charge in [0.25, 0.3) is 0 Å². The molecule has 0 fully saturated rings. The van der Waals surface area contributed by atoms with E-state index < -0.39 is 5.97 Å². The van der Waals surface area contributed by atoms with Crippen molar-refractivity contribution >= 4 is 34.8 Å². The second kappa shape index (κ2) is 8.05. The van der Waals surface area contributed by atoms with Crippen molar-refractivity contribution in [2.45, 2.75) is 6.61 Å². The molecule has 2 aromatic carbocycles. The number of ether oxygens (including phenoxy) is 3. The van der Waals surface area contributed by atoms with Gasteiger partial charge in [-0.15, -0.1) is 0 Å². The van der Waals surface area contributed by atoms with Crippen molar-refractivity contribution < 1.29 is 23.8 Å². The van der Waals surface area contributed by atoms with E-state index in [1.54, 1.807) is 12.1 Å². The number of fused-ring (bicyclic) bond motifs is 1. The Labute approximate surface area is 160 Å². The van der Waals surface area contributed by atoms with Crippen molar-refractivity contribution in [2.24, 2.45) is 0 Å². The van der Waals surface area contributed by atoms with Crippen LogP contribution >= 0.6 is 11.6 Å². The zero-order chi connectivity index (χ0) is 19.4. The van der Waals surface area contributed by atoms with E-state index in [4.69, 9.17) is 25.8 Å². The van der Waals surface area contributed by atoms with Crippen molar-refractivity contribution in [1.29, 1.82) is 0 Å². The highest BCUT2D eigenvalue weighted by molar-refractivity contribution is 6.30. The van der Waals surface area contributed by atoms with Gasteiger partial charge in [0.05, 0.1) is 19.7 Å². The van der Waals surface area contributed by atoms with Crippen LogP contribution in [0.15, 0.2) is 42.5 Å². The summed E-state index contributed by atoms with van der Waals surface area (Å²) in [6.45, 7) is -0.103. The Morgan fingerprint density at radius 1 is 1.15 bits per heavy atom. The Morgan fingerprint density at radius 3 is 2.63 bits per heavy atom. The van der Waals surface area contributed by atoms with Crippen LogP contribution in [0.1, 0.15) is 26.3 Å². The van der Waals surface area contributed by atoms with Gasteiger partial charge < -0.3 is 14.2 Å². The summed E-state index contributed by atoms with van der Waals surface area (Å²) in [6, 6.07) is 12.3. The molecule has 27 heavy (non-hydrogen) atoms. The molecule has 0 amide bonds. The number of pyridine rings is 1. The molecule has 0 unspecified atom stereocenters. The summed E-state index contributed by atoms with van der Waals surface area (Å²) < 4.78 is 15.8. The maximum Gasteiger partial charge on any atom is 0.343 e. The highest BCUT2D eigenvalue weighted by Crippen LogP contribution is 2.33. The van der Waals surface area contributed by atoms with Crippen molar-refractivity contribution in [3.05, 3.63) is 64.3 Å². The van der Waals surface area contributed by atoms with Crippen LogP contribution in [0, 0.1) is 0 Å². The van der Waals surface area contributed by atoms with Gasteiger partial charge in [-0.3, -0.25) is 4.79 Å². The van der Waals surface area contributed by atoms with Crippen LogP contribution in [0.25, 0.3) is 10.9 Å². The third-order valence-electron chi connectivity index (χ3n) is 4.02. The number of nitrogens with zero attached hydrogens (tertiary/aromatic N) is 1. The summed E-state index contributed by atoms with van der Waals surface area (Å²) in [6.07, 6.45) is 0.559. The first-order chi connectivity index (χ1) is 13.1. The van der Waals surface area contributed by atoms with Crippen molar-refractivity contribution in [1.82, 2.24) is 4.98 Å². The monoisotopic (exact) mass is 385 g/mol. The van der Waals surface area contributed by atoms with Crippen LogP contribution in [0.2, 0.25) is 5.15 Å². The van der Waals surface area contributed by atoms with E-state index in [1.165, 1.54) is 20.3 Å². The summed E-state index contributed by atoms with van der Waals surface area (Å²) in [5, 5.41) is 1.12. The molecule has 0 radical (unpaired) electrons. The molecule has 0 saturated heterocycles. The van der Waals surface area contributed by atoms with E-state index in [-0.39, 0.29) is 28.6 Å². The van der Waals surface area contributed by atoms with Gasteiger partial charge in [0.2, 0.25) is 0 Å². The molecular weight excluding hydrogens is 370 g/mol. The van der Waals surface area contributed by atoms with Crippen LogP contribution in [0.3, 0.4) is 0 Å². The summed E-state index contributed by atoms with van der Waals surface area (Å²) in [5.74, 6) is -0.271. The summed E-state index contributed by atoms with van der Waals surface area (Å²) in [5.41, 5.74) is 1.44. The number of carbonyl (C=O) groups is 2. The van der Waals surface area contributed by atoms with Crippen LogP contribution in [0.5, 0.6) is 11.5 Å². The molecule has 0 aliphatic heterocycles. The molecule has 0 aliphatic carbocycles. The lowest BCUT2D eigenvalue weighted by atomic mass is 10.1. The Kier molecular flexibility index (Phi) is 5.57. The van der Waals surface area contributed by atoms with Crippen molar-refractivity contribution in [3.8, 4) is 11.5 Å². The average Bonchev–Trinajstić information content (AvgIpc) is 2.70. The van der Waals surface area contributed by atoms with Crippen molar-refractivity contribution in [3.63, 3.8) is 0 Å². The van der Waals surface area contributed by atoms with Crippen LogP contribution in [-0.4, -0.2) is 31.5 Å². The quantitative estimate of drug-likeness (QED) is 0.361. The van der Waals surface area contributed by atoms with Crippen LogP contribution < -0.4 is 9.47 Å². The molecule has 6 nitrogen and oxygen atoms in total. The van der Waals surface area contributed by atoms with E-state index in [0.717, 1.165) is 10.9 Å². The Morgan fingerprint density at radius 2 is 1.93 bits per heavy atom. The minimum atomic E-state index is -0.725. The summed E-state index contributed by atoms with van der Waals surface area (Å²) in [4.78, 5) is 28.3. The van der Waals surface area contributed by atoms with Gasteiger partial charge in [-0.2, -0.15) is 0 Å². The van der Waals surface area contributed by atoms with Gasteiger partial charge in [0, 0.05) is 16.5 Å². The van der Waals surface area contributed by atoms with Gasteiger partial charge in [-0.05, 0) is 24.3 Å². The topological polar surface area (TPSA) is 74.7 Å². The average molecular weight is 386 g/mol. The zero-order valence-electron chi connectivity index (χ0n) is 14.7. The fourth-order valence-corrected chi connectivity index (χ4v) is 2.90. The number of hydrogen-bond donors (Lipinski definition) is 0. The fourth-order valence-electron chi connectivity index (χ4n) is 2.70. The number of carbonyl (C=O) groups excluding carboxylic acids is 2. The molecular formula is C20H16ClNO5. The normalized spacial score (nSPS) is 10.5. The minimum Gasteiger partial charge on any atom is -0.493 e. The SMILES string of the molecule is COc1ccc(C=O)c(C(=O)OCc2cc3ccccc3nc2Cl)c1OC. The Hall–Kier alpha value is -3.12. The molecule has 1 heterocycles. The third kappa shape index (κ3) is 3.71. The molecule has 1 aromatic heterocycles. The number of aldehydes is 1. The van der Waals surface area contributed by atoms with Gasteiger partial charge in [-0.1, -0.05) is 29.8 Å². The highest BCUT2D eigenvalue weighted by Gasteiger charge is 2.23. The number of hydrogen-bond acceptors (Lipinski definition) is 6. The molecule has 3 aromatic rings. The Balaban J connectivity index is 1.90. The standard InChI is InChI=1S/C20H16ClNO5/c1-25-16-8-7-13(10-23)17(18(16)26-2)20(24)27-11-14-9-12-5-3-4-6-15(12)22-19(14)21/h3-10H,11H2,1-2H3. The molecule has 7 heteroatoms. The van der Waals surface area contributed by atoms with E-state index in [2.05, 4.69) is 4.98 Å². The minimum absolute atomic E-state index is 0.00304. The maximum atomic E-state index is 12.6. The number of methoxy groups -OCH3 is 2. The second-order valence-electron chi connectivity index (χ2n) is 5.59. The number of aromatic nitrogens is 1. The largest absolute Gasteiger partial charge is 0.493 e. The van der Waals surface area contributed by atoms with Crippen LogP contribution in [-0.2, 0) is 11.3 Å². The lowest BCUT2D eigenvalue weighted by molar-refractivity contribution is 0.0466. The number of benzene rings is 2. The molecule has 138 valence electrons. The van der Waals surface area contributed by atoms with E-state index in [0.29, 0.717) is 17.6 Å². The lowest BCUT2D eigenvalue weighted by Gasteiger charge is -2.14. The number of esters is 1. The first-order valence-electron chi connectivity index (χ1n) is 8.00. The van der Waals surface area contributed by atoms with Gasteiger partial charge in [-0.25, -0.2) is 9.78 Å². The molecule has 0 spiro atoms. The number of halogens is 1.